The summed E-state index contributed by atoms with van der Waals surface area (Å²) in [7, 11) is 0. The first-order chi connectivity index (χ1) is 9.02. The molecule has 0 aromatic carbocycles. The molecule has 1 aromatic heterocycles. The van der Waals surface area contributed by atoms with Gasteiger partial charge >= 0.3 is 5.97 Å². The van der Waals surface area contributed by atoms with Gasteiger partial charge in [0.05, 0.1) is 11.7 Å². The number of nitrogens with zero attached hydrogens (tertiary/aromatic N) is 1. The summed E-state index contributed by atoms with van der Waals surface area (Å²) in [5.74, 6) is -0.269. The van der Waals surface area contributed by atoms with Gasteiger partial charge in [-0.05, 0) is 43.9 Å². The SMILES string of the molecule is Cc1cccnc1C(NCCCCC(=O)O)C(C)C. The maximum Gasteiger partial charge on any atom is 0.303 e. The van der Waals surface area contributed by atoms with Crippen molar-refractivity contribution in [2.24, 2.45) is 5.92 Å². The Morgan fingerprint density at radius 3 is 2.74 bits per heavy atom. The molecule has 1 rings (SSSR count). The molecule has 0 saturated carbocycles. The maximum absolute atomic E-state index is 10.4. The maximum atomic E-state index is 10.4. The highest BCUT2D eigenvalue weighted by atomic mass is 16.4. The third-order valence-corrected chi connectivity index (χ3v) is 3.19. The number of hydrogen-bond donors (Lipinski definition) is 2. The fraction of sp³-hybridized carbons (Fsp3) is 0.600. The topological polar surface area (TPSA) is 62.2 Å². The van der Waals surface area contributed by atoms with Crippen LogP contribution in [-0.2, 0) is 4.79 Å². The van der Waals surface area contributed by atoms with Crippen molar-refractivity contribution in [2.45, 2.75) is 46.1 Å². The van der Waals surface area contributed by atoms with Gasteiger partial charge in [0.2, 0.25) is 0 Å². The number of aromatic nitrogens is 1. The first-order valence-corrected chi connectivity index (χ1v) is 6.89. The standard InChI is InChI=1S/C15H24N2O2/c1-11(2)14(15-12(3)7-6-10-17-15)16-9-5-4-8-13(18)19/h6-7,10-11,14,16H,4-5,8-9H2,1-3H3,(H,18,19). The third kappa shape index (κ3) is 5.39. The van der Waals surface area contributed by atoms with Crippen LogP contribution in [0.3, 0.4) is 0 Å². The highest BCUT2D eigenvalue weighted by molar-refractivity contribution is 5.66. The average molecular weight is 264 g/mol. The van der Waals surface area contributed by atoms with Gasteiger partial charge in [-0.25, -0.2) is 0 Å². The largest absolute Gasteiger partial charge is 0.481 e. The monoisotopic (exact) mass is 264 g/mol. The van der Waals surface area contributed by atoms with Crippen molar-refractivity contribution in [1.82, 2.24) is 10.3 Å². The molecular weight excluding hydrogens is 240 g/mol. The first-order valence-electron chi connectivity index (χ1n) is 6.89. The van der Waals surface area contributed by atoms with Gasteiger partial charge in [-0.1, -0.05) is 19.9 Å². The van der Waals surface area contributed by atoms with Crippen molar-refractivity contribution in [3.05, 3.63) is 29.6 Å². The Labute approximate surface area is 115 Å². The molecule has 106 valence electrons. The second-order valence-corrected chi connectivity index (χ2v) is 5.23. The molecule has 0 aliphatic carbocycles. The number of rotatable bonds is 8. The van der Waals surface area contributed by atoms with Crippen LogP contribution in [0.1, 0.15) is 50.4 Å². The van der Waals surface area contributed by atoms with Gasteiger partial charge in [0, 0.05) is 12.6 Å². The number of carbonyl (C=O) groups is 1. The van der Waals surface area contributed by atoms with Crippen LogP contribution in [0.2, 0.25) is 0 Å². The van der Waals surface area contributed by atoms with Crippen molar-refractivity contribution in [3.63, 3.8) is 0 Å². The lowest BCUT2D eigenvalue weighted by atomic mass is 9.97. The number of aryl methyl sites for hydroxylation is 1. The minimum absolute atomic E-state index is 0.228. The van der Waals surface area contributed by atoms with E-state index in [2.05, 4.69) is 37.1 Å². The Hall–Kier alpha value is -1.42. The highest BCUT2D eigenvalue weighted by Gasteiger charge is 2.17. The molecule has 0 saturated heterocycles. The van der Waals surface area contributed by atoms with Gasteiger partial charge in [0.1, 0.15) is 0 Å². The van der Waals surface area contributed by atoms with Crippen LogP contribution in [0.4, 0.5) is 0 Å². The van der Waals surface area contributed by atoms with Crippen LogP contribution >= 0.6 is 0 Å². The number of carboxylic acid groups (broad SMARTS) is 1. The molecule has 0 aliphatic rings. The average Bonchev–Trinajstić information content (AvgIpc) is 2.34. The number of carboxylic acids is 1. The summed E-state index contributed by atoms with van der Waals surface area (Å²) < 4.78 is 0. The third-order valence-electron chi connectivity index (χ3n) is 3.19. The normalized spacial score (nSPS) is 12.6. The Morgan fingerprint density at radius 2 is 2.16 bits per heavy atom. The van der Waals surface area contributed by atoms with Crippen LogP contribution in [0, 0.1) is 12.8 Å². The highest BCUT2D eigenvalue weighted by Crippen LogP contribution is 2.22. The Bertz CT molecular complexity index is 405. The lowest BCUT2D eigenvalue weighted by Gasteiger charge is -2.23. The lowest BCUT2D eigenvalue weighted by molar-refractivity contribution is -0.137. The summed E-state index contributed by atoms with van der Waals surface area (Å²) in [4.78, 5) is 14.9. The van der Waals surface area contributed by atoms with Gasteiger partial charge in [-0.3, -0.25) is 9.78 Å². The molecule has 4 nitrogen and oxygen atoms in total. The molecule has 1 atom stereocenters. The van der Waals surface area contributed by atoms with Crippen molar-refractivity contribution >= 4 is 5.97 Å². The van der Waals surface area contributed by atoms with Crippen molar-refractivity contribution in [2.75, 3.05) is 6.54 Å². The molecule has 0 fully saturated rings. The molecule has 0 bridgehead atoms. The smallest absolute Gasteiger partial charge is 0.303 e. The minimum Gasteiger partial charge on any atom is -0.481 e. The van der Waals surface area contributed by atoms with E-state index in [1.807, 2.05) is 12.3 Å². The zero-order chi connectivity index (χ0) is 14.3. The van der Waals surface area contributed by atoms with Crippen molar-refractivity contribution in [1.29, 1.82) is 0 Å². The predicted octanol–water partition coefficient (Wildman–Crippen LogP) is 2.93. The van der Waals surface area contributed by atoms with Crippen molar-refractivity contribution < 1.29 is 9.90 Å². The van der Waals surface area contributed by atoms with Crippen LogP contribution in [0.15, 0.2) is 18.3 Å². The zero-order valence-corrected chi connectivity index (χ0v) is 12.0. The number of pyridine rings is 1. The van der Waals surface area contributed by atoms with Crippen molar-refractivity contribution in [3.8, 4) is 0 Å². The molecule has 0 radical (unpaired) electrons. The van der Waals surface area contributed by atoms with Crippen LogP contribution in [0.25, 0.3) is 0 Å². The molecule has 1 heterocycles. The molecule has 0 amide bonds. The van der Waals surface area contributed by atoms with E-state index < -0.39 is 5.97 Å². The first kappa shape index (κ1) is 15.6. The summed E-state index contributed by atoms with van der Waals surface area (Å²) in [5.41, 5.74) is 2.29. The van der Waals surface area contributed by atoms with E-state index in [9.17, 15) is 4.79 Å². The van der Waals surface area contributed by atoms with E-state index in [1.165, 1.54) is 5.56 Å². The second-order valence-electron chi connectivity index (χ2n) is 5.23. The van der Waals surface area contributed by atoms with E-state index in [4.69, 9.17) is 5.11 Å². The number of aliphatic carboxylic acids is 1. The molecular formula is C15H24N2O2. The van der Waals surface area contributed by atoms with Crippen LogP contribution in [0.5, 0.6) is 0 Å². The molecule has 2 N–H and O–H groups in total. The Balaban J connectivity index is 2.50. The Morgan fingerprint density at radius 1 is 1.42 bits per heavy atom. The van der Waals surface area contributed by atoms with Crippen LogP contribution in [-0.4, -0.2) is 22.6 Å². The fourth-order valence-corrected chi connectivity index (χ4v) is 2.13. The van der Waals surface area contributed by atoms with Gasteiger partial charge in [0.25, 0.3) is 0 Å². The van der Waals surface area contributed by atoms with Gasteiger partial charge in [-0.15, -0.1) is 0 Å². The van der Waals surface area contributed by atoms with E-state index in [0.29, 0.717) is 12.3 Å². The molecule has 4 heteroatoms. The number of hydrogen-bond acceptors (Lipinski definition) is 3. The zero-order valence-electron chi connectivity index (χ0n) is 12.0. The predicted molar refractivity (Wildman–Crippen MR) is 76.0 cm³/mol. The molecule has 19 heavy (non-hydrogen) atoms. The van der Waals surface area contributed by atoms with Crippen LogP contribution < -0.4 is 5.32 Å². The fourth-order valence-electron chi connectivity index (χ4n) is 2.13. The van der Waals surface area contributed by atoms with Gasteiger partial charge in [0.15, 0.2) is 0 Å². The van der Waals surface area contributed by atoms with E-state index in [0.717, 1.165) is 18.7 Å². The number of nitrogens with one attached hydrogen (secondary N) is 1. The summed E-state index contributed by atoms with van der Waals surface area (Å²) in [6, 6.07) is 4.25. The van der Waals surface area contributed by atoms with Gasteiger partial charge in [-0.2, -0.15) is 0 Å². The van der Waals surface area contributed by atoms with E-state index >= 15 is 0 Å². The minimum atomic E-state index is -0.721. The van der Waals surface area contributed by atoms with Gasteiger partial charge < -0.3 is 10.4 Å². The summed E-state index contributed by atoms with van der Waals surface area (Å²) >= 11 is 0. The molecule has 1 unspecified atom stereocenters. The molecule has 0 aliphatic heterocycles. The summed E-state index contributed by atoms with van der Waals surface area (Å²) in [5, 5.41) is 12.1. The van der Waals surface area contributed by atoms with E-state index in [1.54, 1.807) is 0 Å². The molecule has 0 spiro atoms. The molecule has 1 aromatic rings. The summed E-state index contributed by atoms with van der Waals surface area (Å²) in [6.07, 6.45) is 3.66. The summed E-state index contributed by atoms with van der Waals surface area (Å²) in [6.45, 7) is 7.24. The second kappa shape index (κ2) is 7.89. The van der Waals surface area contributed by atoms with E-state index in [-0.39, 0.29) is 12.5 Å². The lowest BCUT2D eigenvalue weighted by Crippen LogP contribution is -2.28. The number of unbranched alkanes of at least 4 members (excludes halogenated alkanes) is 1. The quantitative estimate of drug-likeness (QED) is 0.709. The Kier molecular flexibility index (Phi) is 6.50.